The first-order valence-corrected chi connectivity index (χ1v) is 9.19. The molecule has 0 radical (unpaired) electrons. The van der Waals surface area contributed by atoms with E-state index in [9.17, 15) is 0 Å². The monoisotopic (exact) mass is 332 g/mol. The summed E-state index contributed by atoms with van der Waals surface area (Å²) in [4.78, 5) is 5.05. The number of allylic oxidation sites excluding steroid dienone is 1. The van der Waals surface area contributed by atoms with E-state index in [2.05, 4.69) is 82.7 Å². The maximum absolute atomic E-state index is 5.05. The molecule has 0 bridgehead atoms. The number of hydrogen-bond donors (Lipinski definition) is 0. The molecule has 0 saturated heterocycles. The number of benzene rings is 2. The fraction of sp³-hybridized carbons (Fsp3) is 0.348. The minimum atomic E-state index is 0.319. The molecular formula is C23H28N2. The van der Waals surface area contributed by atoms with Gasteiger partial charge in [-0.15, -0.1) is 0 Å². The van der Waals surface area contributed by atoms with Crippen LogP contribution >= 0.6 is 0 Å². The van der Waals surface area contributed by atoms with Crippen LogP contribution in [0.4, 0.5) is 0 Å². The molecule has 0 saturated carbocycles. The molecule has 0 unspecified atom stereocenters. The van der Waals surface area contributed by atoms with Crippen LogP contribution in [-0.4, -0.2) is 9.55 Å². The van der Waals surface area contributed by atoms with Gasteiger partial charge in [0.15, 0.2) is 0 Å². The third-order valence-corrected chi connectivity index (χ3v) is 4.86. The van der Waals surface area contributed by atoms with Crippen molar-refractivity contribution in [3.05, 3.63) is 47.1 Å². The van der Waals surface area contributed by atoms with Gasteiger partial charge in [0, 0.05) is 22.2 Å². The molecule has 0 amide bonds. The third kappa shape index (κ3) is 2.70. The number of aromatic nitrogens is 2. The van der Waals surface area contributed by atoms with Crippen LogP contribution in [0.1, 0.15) is 52.8 Å². The highest BCUT2D eigenvalue weighted by molar-refractivity contribution is 6.05. The van der Waals surface area contributed by atoms with E-state index >= 15 is 0 Å². The van der Waals surface area contributed by atoms with E-state index in [0.29, 0.717) is 11.8 Å². The van der Waals surface area contributed by atoms with E-state index in [4.69, 9.17) is 4.98 Å². The van der Waals surface area contributed by atoms with Crippen LogP contribution < -0.4 is 10.4 Å². The maximum Gasteiger partial charge on any atom is 0.116 e. The molecule has 0 aliphatic rings. The van der Waals surface area contributed by atoms with Gasteiger partial charge in [-0.1, -0.05) is 78.1 Å². The van der Waals surface area contributed by atoms with Crippen molar-refractivity contribution in [2.24, 2.45) is 5.92 Å². The SMILES string of the molecule is C=C(C(C)C)n1c(C(C)C)nc2c3ccccc3/c(=C\CC)c(=C)c21. The Bertz CT molecular complexity index is 1070. The average molecular weight is 332 g/mol. The van der Waals surface area contributed by atoms with Crippen LogP contribution in [0.5, 0.6) is 0 Å². The molecule has 2 aromatic carbocycles. The maximum atomic E-state index is 5.05. The minimum Gasteiger partial charge on any atom is -0.300 e. The Kier molecular flexibility index (Phi) is 4.55. The molecule has 0 atom stereocenters. The van der Waals surface area contributed by atoms with Crippen LogP contribution in [0.25, 0.3) is 40.2 Å². The highest BCUT2D eigenvalue weighted by Gasteiger charge is 2.20. The second-order valence-electron chi connectivity index (χ2n) is 7.35. The van der Waals surface area contributed by atoms with Crippen LogP contribution in [-0.2, 0) is 0 Å². The van der Waals surface area contributed by atoms with Crippen molar-refractivity contribution in [3.8, 4) is 0 Å². The van der Waals surface area contributed by atoms with Crippen LogP contribution in [0.2, 0.25) is 0 Å². The molecule has 3 aromatic rings. The molecular weight excluding hydrogens is 304 g/mol. The molecule has 0 spiro atoms. The number of imidazole rings is 1. The predicted octanol–water partition coefficient (Wildman–Crippen LogP) is 5.04. The van der Waals surface area contributed by atoms with Gasteiger partial charge in [0.05, 0.1) is 11.0 Å². The lowest BCUT2D eigenvalue weighted by molar-refractivity contribution is 0.723. The van der Waals surface area contributed by atoms with E-state index in [1.165, 1.54) is 16.0 Å². The molecule has 1 aromatic heterocycles. The lowest BCUT2D eigenvalue weighted by Gasteiger charge is -2.17. The van der Waals surface area contributed by atoms with Crippen molar-refractivity contribution in [1.82, 2.24) is 9.55 Å². The summed E-state index contributed by atoms with van der Waals surface area (Å²) in [6.07, 6.45) is 3.25. The van der Waals surface area contributed by atoms with Gasteiger partial charge < -0.3 is 0 Å². The van der Waals surface area contributed by atoms with E-state index in [1.54, 1.807) is 0 Å². The number of rotatable bonds is 4. The number of hydrogen-bond acceptors (Lipinski definition) is 1. The topological polar surface area (TPSA) is 17.8 Å². The Morgan fingerprint density at radius 2 is 1.80 bits per heavy atom. The predicted molar refractivity (Wildman–Crippen MR) is 111 cm³/mol. The Morgan fingerprint density at radius 3 is 2.36 bits per heavy atom. The molecule has 2 heteroatoms. The normalized spacial score (nSPS) is 12.8. The first-order chi connectivity index (χ1) is 11.9. The van der Waals surface area contributed by atoms with E-state index in [0.717, 1.165) is 34.2 Å². The lowest BCUT2D eigenvalue weighted by Crippen LogP contribution is -2.27. The van der Waals surface area contributed by atoms with E-state index in [-0.39, 0.29) is 0 Å². The molecule has 0 aliphatic heterocycles. The van der Waals surface area contributed by atoms with Gasteiger partial charge in [0.25, 0.3) is 0 Å². The molecule has 3 rings (SSSR count). The van der Waals surface area contributed by atoms with Gasteiger partial charge in [-0.25, -0.2) is 4.98 Å². The van der Waals surface area contributed by atoms with E-state index in [1.807, 2.05) is 0 Å². The molecule has 130 valence electrons. The second kappa shape index (κ2) is 6.51. The zero-order valence-corrected chi connectivity index (χ0v) is 16.1. The van der Waals surface area contributed by atoms with Gasteiger partial charge >= 0.3 is 0 Å². The number of nitrogens with zero attached hydrogens (tertiary/aromatic N) is 2. The lowest BCUT2D eigenvalue weighted by atomic mass is 10.0. The summed E-state index contributed by atoms with van der Waals surface area (Å²) in [5.74, 6) is 1.73. The number of fused-ring (bicyclic) bond motifs is 3. The van der Waals surface area contributed by atoms with Gasteiger partial charge in [-0.3, -0.25) is 4.57 Å². The highest BCUT2D eigenvalue weighted by atomic mass is 15.1. The van der Waals surface area contributed by atoms with Gasteiger partial charge in [-0.2, -0.15) is 0 Å². The molecule has 2 nitrogen and oxygen atoms in total. The molecule has 0 aliphatic carbocycles. The Balaban J connectivity index is 2.64. The van der Waals surface area contributed by atoms with Gasteiger partial charge in [-0.05, 0) is 22.9 Å². The molecule has 25 heavy (non-hydrogen) atoms. The summed E-state index contributed by atoms with van der Waals surface area (Å²) in [5, 5.41) is 4.70. The summed E-state index contributed by atoms with van der Waals surface area (Å²) in [7, 11) is 0. The fourth-order valence-corrected chi connectivity index (χ4v) is 3.49. The van der Waals surface area contributed by atoms with Crippen molar-refractivity contribution in [1.29, 1.82) is 0 Å². The van der Waals surface area contributed by atoms with Crippen molar-refractivity contribution >= 4 is 40.2 Å². The van der Waals surface area contributed by atoms with Crippen molar-refractivity contribution in [2.45, 2.75) is 47.0 Å². The summed E-state index contributed by atoms with van der Waals surface area (Å²) in [5.41, 5.74) is 3.23. The minimum absolute atomic E-state index is 0.319. The Labute approximate surface area is 150 Å². The van der Waals surface area contributed by atoms with Crippen LogP contribution in [0.15, 0.2) is 30.8 Å². The van der Waals surface area contributed by atoms with Crippen molar-refractivity contribution in [3.63, 3.8) is 0 Å². The second-order valence-corrected chi connectivity index (χ2v) is 7.35. The standard InChI is InChI=1S/C23H28N2/c1-8-11-18-16(6)22-21(20-13-10-9-12-19(18)20)24-23(15(4)5)25(22)17(7)14(2)3/h9-15H,6-8H2,1-5H3/b18-11-. The molecule has 1 heterocycles. The van der Waals surface area contributed by atoms with Crippen molar-refractivity contribution < 1.29 is 0 Å². The third-order valence-electron chi connectivity index (χ3n) is 4.86. The average Bonchev–Trinajstić information content (AvgIpc) is 2.99. The highest BCUT2D eigenvalue weighted by Crippen LogP contribution is 2.29. The summed E-state index contributed by atoms with van der Waals surface area (Å²) in [6, 6.07) is 8.53. The molecule has 0 fully saturated rings. The molecule has 0 N–H and O–H groups in total. The van der Waals surface area contributed by atoms with Gasteiger partial charge in [0.1, 0.15) is 5.82 Å². The summed E-state index contributed by atoms with van der Waals surface area (Å²) in [6.45, 7) is 19.7. The first kappa shape index (κ1) is 17.5. The zero-order valence-electron chi connectivity index (χ0n) is 16.1. The summed E-state index contributed by atoms with van der Waals surface area (Å²) >= 11 is 0. The first-order valence-electron chi connectivity index (χ1n) is 9.19. The quantitative estimate of drug-likeness (QED) is 0.654. The largest absolute Gasteiger partial charge is 0.300 e. The fourth-order valence-electron chi connectivity index (χ4n) is 3.49. The summed E-state index contributed by atoms with van der Waals surface area (Å²) < 4.78 is 2.26. The Morgan fingerprint density at radius 1 is 1.16 bits per heavy atom. The van der Waals surface area contributed by atoms with Crippen molar-refractivity contribution in [2.75, 3.05) is 0 Å². The smallest absolute Gasteiger partial charge is 0.116 e. The Hall–Kier alpha value is -2.35. The zero-order chi connectivity index (χ0) is 18.3. The van der Waals surface area contributed by atoms with Gasteiger partial charge in [0.2, 0.25) is 0 Å². The van der Waals surface area contributed by atoms with E-state index < -0.39 is 0 Å². The van der Waals surface area contributed by atoms with Crippen LogP contribution in [0, 0.1) is 5.92 Å². The van der Waals surface area contributed by atoms with Crippen LogP contribution in [0.3, 0.4) is 0 Å².